The summed E-state index contributed by atoms with van der Waals surface area (Å²) < 4.78 is 0. The minimum atomic E-state index is -0.258. The van der Waals surface area contributed by atoms with Crippen LogP contribution in [0.5, 0.6) is 0 Å². The van der Waals surface area contributed by atoms with Crippen molar-refractivity contribution in [3.63, 3.8) is 0 Å². The van der Waals surface area contributed by atoms with E-state index in [4.69, 9.17) is 10.4 Å². The van der Waals surface area contributed by atoms with Crippen LogP contribution in [0.15, 0.2) is 0 Å². The van der Waals surface area contributed by atoms with Gasteiger partial charge in [0, 0.05) is 13.0 Å². The van der Waals surface area contributed by atoms with E-state index in [1.807, 2.05) is 7.05 Å². The van der Waals surface area contributed by atoms with Crippen molar-refractivity contribution in [2.45, 2.75) is 32.3 Å². The van der Waals surface area contributed by atoms with Crippen molar-refractivity contribution in [2.24, 2.45) is 0 Å². The van der Waals surface area contributed by atoms with Gasteiger partial charge in [0.15, 0.2) is 0 Å². The van der Waals surface area contributed by atoms with E-state index in [9.17, 15) is 0 Å². The fourth-order valence-electron chi connectivity index (χ4n) is 1.13. The van der Waals surface area contributed by atoms with Crippen molar-refractivity contribution in [3.8, 4) is 6.07 Å². The number of rotatable bonds is 6. The lowest BCUT2D eigenvalue weighted by atomic mass is 10.2. The second-order valence-corrected chi connectivity index (χ2v) is 3.23. The van der Waals surface area contributed by atoms with Gasteiger partial charge in [0.2, 0.25) is 0 Å². The first kappa shape index (κ1) is 11.4. The zero-order valence-corrected chi connectivity index (χ0v) is 7.95. The van der Waals surface area contributed by atoms with Crippen LogP contribution in [-0.2, 0) is 0 Å². The molecule has 70 valence electrons. The third-order valence-corrected chi connectivity index (χ3v) is 1.65. The molecule has 1 unspecified atom stereocenters. The van der Waals surface area contributed by atoms with Gasteiger partial charge in [0.25, 0.3) is 0 Å². The number of aliphatic hydroxyl groups excluding tert-OH is 1. The fourth-order valence-corrected chi connectivity index (χ4v) is 1.13. The largest absolute Gasteiger partial charge is 0.392 e. The van der Waals surface area contributed by atoms with Crippen LogP contribution in [0, 0.1) is 11.3 Å². The molecule has 0 bridgehead atoms. The summed E-state index contributed by atoms with van der Waals surface area (Å²) in [5.74, 6) is 0. The summed E-state index contributed by atoms with van der Waals surface area (Å²) in [7, 11) is 1.99. The van der Waals surface area contributed by atoms with E-state index in [1.54, 1.807) is 6.92 Å². The molecule has 0 aromatic carbocycles. The van der Waals surface area contributed by atoms with E-state index >= 15 is 0 Å². The zero-order valence-electron chi connectivity index (χ0n) is 7.95. The van der Waals surface area contributed by atoms with E-state index in [0.717, 1.165) is 19.4 Å². The number of nitriles is 1. The maximum atomic E-state index is 9.03. The average molecular weight is 170 g/mol. The molecule has 0 aliphatic carbocycles. The van der Waals surface area contributed by atoms with Crippen LogP contribution >= 0.6 is 0 Å². The summed E-state index contributed by atoms with van der Waals surface area (Å²) in [5.41, 5.74) is 0. The summed E-state index contributed by atoms with van der Waals surface area (Å²) >= 11 is 0. The van der Waals surface area contributed by atoms with Gasteiger partial charge >= 0.3 is 0 Å². The number of nitrogens with zero attached hydrogens (tertiary/aromatic N) is 2. The minimum absolute atomic E-state index is 0.258. The average Bonchev–Trinajstić information content (AvgIpc) is 1.97. The maximum Gasteiger partial charge on any atom is 0.0638 e. The lowest BCUT2D eigenvalue weighted by molar-refractivity contribution is 0.140. The molecule has 0 amide bonds. The van der Waals surface area contributed by atoms with E-state index in [1.165, 1.54) is 0 Å². The molecular weight excluding hydrogens is 152 g/mol. The highest BCUT2D eigenvalue weighted by Gasteiger charge is 2.01. The Bertz CT molecular complexity index is 140. The maximum absolute atomic E-state index is 9.03. The van der Waals surface area contributed by atoms with E-state index in [-0.39, 0.29) is 6.10 Å². The molecule has 0 aromatic rings. The zero-order chi connectivity index (χ0) is 9.40. The second kappa shape index (κ2) is 7.08. The predicted octanol–water partition coefficient (Wildman–Crippen LogP) is 0.993. The lowest BCUT2D eigenvalue weighted by Crippen LogP contribution is -2.28. The highest BCUT2D eigenvalue weighted by molar-refractivity contribution is 4.68. The van der Waals surface area contributed by atoms with Crippen molar-refractivity contribution in [1.29, 1.82) is 5.26 Å². The number of hydrogen-bond donors (Lipinski definition) is 1. The molecule has 0 aromatic heterocycles. The molecule has 0 saturated heterocycles. The molecule has 1 atom stereocenters. The first-order chi connectivity index (χ1) is 5.66. The van der Waals surface area contributed by atoms with Gasteiger partial charge in [-0.2, -0.15) is 5.26 Å². The quantitative estimate of drug-likeness (QED) is 0.605. The molecule has 3 heteroatoms. The Morgan fingerprint density at radius 2 is 2.17 bits per heavy atom. The third kappa shape index (κ3) is 7.52. The van der Waals surface area contributed by atoms with Crippen LogP contribution in [-0.4, -0.2) is 36.2 Å². The smallest absolute Gasteiger partial charge is 0.0638 e. The first-order valence-corrected chi connectivity index (χ1v) is 4.40. The van der Waals surface area contributed by atoms with Gasteiger partial charge in [0.05, 0.1) is 12.2 Å². The molecule has 0 fully saturated rings. The summed E-state index contributed by atoms with van der Waals surface area (Å²) in [6.07, 6.45) is 2.38. The Morgan fingerprint density at radius 3 is 2.67 bits per heavy atom. The summed E-state index contributed by atoms with van der Waals surface area (Å²) in [4.78, 5) is 2.09. The predicted molar refractivity (Wildman–Crippen MR) is 48.6 cm³/mol. The summed E-state index contributed by atoms with van der Waals surface area (Å²) in [5, 5.41) is 17.3. The monoisotopic (exact) mass is 170 g/mol. The van der Waals surface area contributed by atoms with Crippen molar-refractivity contribution in [2.75, 3.05) is 20.1 Å². The topological polar surface area (TPSA) is 47.3 Å². The summed E-state index contributed by atoms with van der Waals surface area (Å²) in [6.45, 7) is 3.46. The standard InChI is InChI=1S/C9H18N2O/c1-9(12)8-11(2)7-5-3-4-6-10/h9,12H,3-5,7-8H2,1-2H3. The Labute approximate surface area is 74.6 Å². The molecule has 1 N–H and O–H groups in total. The van der Waals surface area contributed by atoms with E-state index < -0.39 is 0 Å². The Kier molecular flexibility index (Phi) is 6.73. The minimum Gasteiger partial charge on any atom is -0.392 e. The second-order valence-electron chi connectivity index (χ2n) is 3.23. The molecule has 0 radical (unpaired) electrons. The first-order valence-electron chi connectivity index (χ1n) is 4.40. The summed E-state index contributed by atoms with van der Waals surface area (Å²) in [6, 6.07) is 2.11. The van der Waals surface area contributed by atoms with Crippen LogP contribution in [0.2, 0.25) is 0 Å². The van der Waals surface area contributed by atoms with Gasteiger partial charge in [-0.15, -0.1) is 0 Å². The highest BCUT2D eigenvalue weighted by Crippen LogP contribution is 1.96. The van der Waals surface area contributed by atoms with E-state index in [2.05, 4.69) is 11.0 Å². The Balaban J connectivity index is 3.20. The number of aliphatic hydroxyl groups is 1. The molecule has 3 nitrogen and oxygen atoms in total. The van der Waals surface area contributed by atoms with Crippen LogP contribution in [0.4, 0.5) is 0 Å². The molecule has 0 aliphatic heterocycles. The van der Waals surface area contributed by atoms with Crippen LogP contribution < -0.4 is 0 Å². The van der Waals surface area contributed by atoms with Crippen molar-refractivity contribution >= 4 is 0 Å². The van der Waals surface area contributed by atoms with Crippen molar-refractivity contribution in [3.05, 3.63) is 0 Å². The Morgan fingerprint density at radius 1 is 1.50 bits per heavy atom. The fraction of sp³-hybridized carbons (Fsp3) is 0.889. The van der Waals surface area contributed by atoms with Gasteiger partial charge in [-0.25, -0.2) is 0 Å². The van der Waals surface area contributed by atoms with Crippen LogP contribution in [0.1, 0.15) is 26.2 Å². The normalized spacial score (nSPS) is 12.9. The van der Waals surface area contributed by atoms with E-state index in [0.29, 0.717) is 13.0 Å². The van der Waals surface area contributed by atoms with Gasteiger partial charge in [-0.3, -0.25) is 0 Å². The van der Waals surface area contributed by atoms with Gasteiger partial charge in [-0.1, -0.05) is 0 Å². The van der Waals surface area contributed by atoms with Gasteiger partial charge in [-0.05, 0) is 33.4 Å². The molecule has 0 heterocycles. The molecule has 0 saturated carbocycles. The SMILES string of the molecule is CC(O)CN(C)CCCCC#N. The third-order valence-electron chi connectivity index (χ3n) is 1.65. The number of unbranched alkanes of at least 4 members (excludes halogenated alkanes) is 2. The van der Waals surface area contributed by atoms with Gasteiger partial charge in [0.1, 0.15) is 0 Å². The van der Waals surface area contributed by atoms with Crippen molar-refractivity contribution in [1.82, 2.24) is 4.90 Å². The van der Waals surface area contributed by atoms with Crippen LogP contribution in [0.25, 0.3) is 0 Å². The van der Waals surface area contributed by atoms with Crippen LogP contribution in [0.3, 0.4) is 0 Å². The molecule has 0 rings (SSSR count). The number of likely N-dealkylation sites (N-methyl/N-ethyl adjacent to an activating group) is 1. The van der Waals surface area contributed by atoms with Gasteiger partial charge < -0.3 is 10.0 Å². The molecule has 12 heavy (non-hydrogen) atoms. The molecular formula is C9H18N2O. The highest BCUT2D eigenvalue weighted by atomic mass is 16.3. The Hall–Kier alpha value is -0.590. The lowest BCUT2D eigenvalue weighted by Gasteiger charge is -2.17. The number of hydrogen-bond acceptors (Lipinski definition) is 3. The van der Waals surface area contributed by atoms with Crippen molar-refractivity contribution < 1.29 is 5.11 Å². The molecule has 0 spiro atoms. The molecule has 0 aliphatic rings.